The lowest BCUT2D eigenvalue weighted by molar-refractivity contribution is 0.249. The Kier molecular flexibility index (Phi) is 3.98. The van der Waals surface area contributed by atoms with Crippen molar-refractivity contribution in [1.29, 1.82) is 0 Å². The molecule has 0 spiro atoms. The molecule has 1 aromatic rings. The number of nitrogens with zero attached hydrogens (tertiary/aromatic N) is 2. The van der Waals surface area contributed by atoms with Gasteiger partial charge < -0.3 is 20.3 Å². The molecule has 1 aliphatic heterocycles. The van der Waals surface area contributed by atoms with E-state index >= 15 is 0 Å². The number of benzene rings is 1. The molecule has 0 aromatic heterocycles. The van der Waals surface area contributed by atoms with E-state index in [2.05, 4.69) is 36.0 Å². The molecular formula is C17H27N3O. The van der Waals surface area contributed by atoms with Crippen molar-refractivity contribution in [2.75, 3.05) is 44.9 Å². The molecule has 1 heterocycles. The highest BCUT2D eigenvalue weighted by Gasteiger charge is 2.30. The number of anilines is 2. The lowest BCUT2D eigenvalue weighted by Crippen LogP contribution is -2.42. The third-order valence-corrected chi connectivity index (χ3v) is 4.93. The van der Waals surface area contributed by atoms with E-state index in [0.29, 0.717) is 12.0 Å². The van der Waals surface area contributed by atoms with Gasteiger partial charge in [0.1, 0.15) is 5.75 Å². The van der Waals surface area contributed by atoms with Crippen LogP contribution in [0, 0.1) is 0 Å². The van der Waals surface area contributed by atoms with Crippen molar-refractivity contribution in [3.8, 4) is 5.75 Å². The van der Waals surface area contributed by atoms with Crippen LogP contribution in [0.25, 0.3) is 0 Å². The first-order chi connectivity index (χ1) is 10.1. The molecule has 0 bridgehead atoms. The molecule has 0 radical (unpaired) electrons. The lowest BCUT2D eigenvalue weighted by atomic mass is 10.00. The molecule has 0 amide bonds. The topological polar surface area (TPSA) is 41.7 Å². The number of piperidine rings is 1. The summed E-state index contributed by atoms with van der Waals surface area (Å²) in [6, 6.07) is 5.00. The predicted molar refractivity (Wildman–Crippen MR) is 88.3 cm³/mol. The summed E-state index contributed by atoms with van der Waals surface area (Å²) in [4.78, 5) is 4.87. The second-order valence-electron chi connectivity index (χ2n) is 6.61. The highest BCUT2D eigenvalue weighted by molar-refractivity contribution is 5.68. The smallest absolute Gasteiger partial charge is 0.143 e. The van der Waals surface area contributed by atoms with Crippen molar-refractivity contribution in [3.63, 3.8) is 0 Å². The van der Waals surface area contributed by atoms with Crippen LogP contribution in [0.3, 0.4) is 0 Å². The number of nitrogen functional groups attached to an aromatic ring is 1. The third kappa shape index (κ3) is 2.95. The van der Waals surface area contributed by atoms with Gasteiger partial charge in [-0.1, -0.05) is 0 Å². The summed E-state index contributed by atoms with van der Waals surface area (Å²) < 4.78 is 5.43. The monoisotopic (exact) mass is 289 g/mol. The Hall–Kier alpha value is -1.42. The standard InChI is InChI=1S/C17H27N3O/c1-19(2)13-6-8-20(9-7-13)16-11-17(21-3)15(18)10-14(16)12-4-5-12/h10-13H,4-9,18H2,1-3H3. The van der Waals surface area contributed by atoms with Crippen molar-refractivity contribution in [2.45, 2.75) is 37.6 Å². The molecule has 21 heavy (non-hydrogen) atoms. The Bertz CT molecular complexity index is 503. The van der Waals surface area contributed by atoms with Gasteiger partial charge >= 0.3 is 0 Å². The van der Waals surface area contributed by atoms with Crippen LogP contribution >= 0.6 is 0 Å². The lowest BCUT2D eigenvalue weighted by Gasteiger charge is -2.37. The molecule has 1 aromatic carbocycles. The average Bonchev–Trinajstić information content (AvgIpc) is 3.31. The van der Waals surface area contributed by atoms with E-state index in [1.54, 1.807) is 7.11 Å². The predicted octanol–water partition coefficient (Wildman–Crippen LogP) is 2.69. The Morgan fingerprint density at radius 3 is 2.33 bits per heavy atom. The van der Waals surface area contributed by atoms with E-state index in [4.69, 9.17) is 10.5 Å². The van der Waals surface area contributed by atoms with Crippen LogP contribution in [0.15, 0.2) is 12.1 Å². The van der Waals surface area contributed by atoms with Crippen LogP contribution in [0.5, 0.6) is 5.75 Å². The van der Waals surface area contributed by atoms with Gasteiger partial charge in [-0.25, -0.2) is 0 Å². The zero-order valence-corrected chi connectivity index (χ0v) is 13.4. The Morgan fingerprint density at radius 1 is 1.14 bits per heavy atom. The summed E-state index contributed by atoms with van der Waals surface area (Å²) in [5, 5.41) is 0. The van der Waals surface area contributed by atoms with Crippen LogP contribution in [-0.4, -0.2) is 45.2 Å². The number of hydrogen-bond donors (Lipinski definition) is 1. The van der Waals surface area contributed by atoms with Gasteiger partial charge in [0.2, 0.25) is 0 Å². The zero-order valence-electron chi connectivity index (χ0n) is 13.4. The van der Waals surface area contributed by atoms with E-state index in [1.807, 2.05) is 0 Å². The number of methoxy groups -OCH3 is 1. The van der Waals surface area contributed by atoms with Gasteiger partial charge in [0, 0.05) is 30.9 Å². The molecule has 1 saturated carbocycles. The minimum absolute atomic E-state index is 0.708. The molecule has 2 fully saturated rings. The van der Waals surface area contributed by atoms with Crippen molar-refractivity contribution < 1.29 is 4.74 Å². The molecule has 1 aliphatic carbocycles. The number of rotatable bonds is 4. The van der Waals surface area contributed by atoms with Crippen molar-refractivity contribution >= 4 is 11.4 Å². The Morgan fingerprint density at radius 2 is 1.81 bits per heavy atom. The summed E-state index contributed by atoms with van der Waals surface area (Å²) >= 11 is 0. The number of ether oxygens (including phenoxy) is 1. The zero-order chi connectivity index (χ0) is 15.0. The summed E-state index contributed by atoms with van der Waals surface area (Å²) in [5.74, 6) is 1.52. The first kappa shape index (κ1) is 14.5. The maximum Gasteiger partial charge on any atom is 0.143 e. The highest BCUT2D eigenvalue weighted by atomic mass is 16.5. The second kappa shape index (κ2) is 5.76. The van der Waals surface area contributed by atoms with Crippen molar-refractivity contribution in [3.05, 3.63) is 17.7 Å². The summed E-state index contributed by atoms with van der Waals surface area (Å²) in [7, 11) is 6.06. The number of hydrogen-bond acceptors (Lipinski definition) is 4. The summed E-state index contributed by atoms with van der Waals surface area (Å²) in [5.41, 5.74) is 9.65. The Balaban J connectivity index is 1.84. The maximum absolute atomic E-state index is 6.11. The summed E-state index contributed by atoms with van der Waals surface area (Å²) in [6.07, 6.45) is 5.05. The molecule has 1 saturated heterocycles. The van der Waals surface area contributed by atoms with Crippen LogP contribution in [0.2, 0.25) is 0 Å². The fourth-order valence-corrected chi connectivity index (χ4v) is 3.40. The molecule has 4 nitrogen and oxygen atoms in total. The molecule has 4 heteroatoms. The fraction of sp³-hybridized carbons (Fsp3) is 0.647. The van der Waals surface area contributed by atoms with Gasteiger partial charge in [0.25, 0.3) is 0 Å². The Labute approximate surface area is 127 Å². The molecule has 0 atom stereocenters. The van der Waals surface area contributed by atoms with E-state index in [0.717, 1.165) is 24.5 Å². The van der Waals surface area contributed by atoms with E-state index in [-0.39, 0.29) is 0 Å². The number of nitrogens with two attached hydrogens (primary N) is 1. The SMILES string of the molecule is COc1cc(N2CCC(N(C)C)CC2)c(C2CC2)cc1N. The van der Waals surface area contributed by atoms with Crippen LogP contribution in [-0.2, 0) is 0 Å². The normalized spacial score (nSPS) is 20.1. The van der Waals surface area contributed by atoms with Gasteiger partial charge in [-0.05, 0) is 57.3 Å². The van der Waals surface area contributed by atoms with Gasteiger partial charge in [-0.3, -0.25) is 0 Å². The second-order valence-corrected chi connectivity index (χ2v) is 6.61. The molecule has 3 rings (SSSR count). The molecule has 0 unspecified atom stereocenters. The van der Waals surface area contributed by atoms with Gasteiger partial charge in [-0.15, -0.1) is 0 Å². The van der Waals surface area contributed by atoms with E-state index in [9.17, 15) is 0 Å². The van der Waals surface area contributed by atoms with Crippen molar-refractivity contribution in [2.24, 2.45) is 0 Å². The highest BCUT2D eigenvalue weighted by Crippen LogP contribution is 2.47. The largest absolute Gasteiger partial charge is 0.495 e. The fourth-order valence-electron chi connectivity index (χ4n) is 3.40. The molecule has 2 N–H and O–H groups in total. The molecular weight excluding hydrogens is 262 g/mol. The van der Waals surface area contributed by atoms with Crippen LogP contribution < -0.4 is 15.4 Å². The first-order valence-corrected chi connectivity index (χ1v) is 7.99. The average molecular weight is 289 g/mol. The van der Waals surface area contributed by atoms with E-state index < -0.39 is 0 Å². The minimum Gasteiger partial charge on any atom is -0.495 e. The molecule has 116 valence electrons. The van der Waals surface area contributed by atoms with E-state index in [1.165, 1.54) is 36.9 Å². The van der Waals surface area contributed by atoms with Gasteiger partial charge in [0.05, 0.1) is 12.8 Å². The third-order valence-electron chi connectivity index (χ3n) is 4.93. The maximum atomic E-state index is 6.11. The van der Waals surface area contributed by atoms with Gasteiger partial charge in [-0.2, -0.15) is 0 Å². The minimum atomic E-state index is 0.708. The molecule has 2 aliphatic rings. The summed E-state index contributed by atoms with van der Waals surface area (Å²) in [6.45, 7) is 2.24. The van der Waals surface area contributed by atoms with Crippen LogP contribution in [0.1, 0.15) is 37.2 Å². The van der Waals surface area contributed by atoms with Crippen molar-refractivity contribution in [1.82, 2.24) is 4.90 Å². The quantitative estimate of drug-likeness (QED) is 0.865. The van der Waals surface area contributed by atoms with Crippen LogP contribution in [0.4, 0.5) is 11.4 Å². The first-order valence-electron chi connectivity index (χ1n) is 7.99. The van der Waals surface area contributed by atoms with Gasteiger partial charge in [0.15, 0.2) is 0 Å².